The van der Waals surface area contributed by atoms with E-state index in [9.17, 15) is 18.0 Å². The standard InChI is InChI=1S/C27H36BrN3O4S/c1-4-24(27(33)29-22-14-6-5-7-15-22)30(18-21-13-9-8-12-20(21)2)26(32)19-31(36(3,34)35)25-17-11-10-16-23(25)28/h8-13,16-17,22,24H,4-7,14-15,18-19H2,1-3H3,(H,29,33)/t24-/m1/s1. The van der Waals surface area contributed by atoms with Crippen molar-refractivity contribution in [2.45, 2.75) is 71.0 Å². The highest BCUT2D eigenvalue weighted by Gasteiger charge is 2.33. The minimum Gasteiger partial charge on any atom is -0.352 e. The molecule has 2 aromatic carbocycles. The molecule has 3 rings (SSSR count). The average molecular weight is 579 g/mol. The van der Waals surface area contributed by atoms with Gasteiger partial charge in [-0.2, -0.15) is 0 Å². The number of halogens is 1. The van der Waals surface area contributed by atoms with E-state index in [0.717, 1.165) is 47.4 Å². The second kappa shape index (κ2) is 12.7. The Morgan fingerprint density at radius 2 is 1.69 bits per heavy atom. The van der Waals surface area contributed by atoms with E-state index in [-0.39, 0.29) is 18.5 Å². The van der Waals surface area contributed by atoms with Crippen LogP contribution in [0.1, 0.15) is 56.6 Å². The van der Waals surface area contributed by atoms with Gasteiger partial charge in [-0.05, 0) is 65.4 Å². The molecule has 2 aromatic rings. The molecule has 0 heterocycles. The van der Waals surface area contributed by atoms with Gasteiger partial charge in [0.25, 0.3) is 0 Å². The number of anilines is 1. The van der Waals surface area contributed by atoms with Crippen LogP contribution < -0.4 is 9.62 Å². The second-order valence-electron chi connectivity index (χ2n) is 9.44. The van der Waals surface area contributed by atoms with E-state index in [0.29, 0.717) is 16.6 Å². The van der Waals surface area contributed by atoms with Gasteiger partial charge in [-0.3, -0.25) is 13.9 Å². The van der Waals surface area contributed by atoms with Gasteiger partial charge in [0, 0.05) is 17.1 Å². The minimum absolute atomic E-state index is 0.114. The maximum Gasteiger partial charge on any atom is 0.244 e. The number of sulfonamides is 1. The van der Waals surface area contributed by atoms with Crippen molar-refractivity contribution in [1.82, 2.24) is 10.2 Å². The molecule has 1 aliphatic rings. The summed E-state index contributed by atoms with van der Waals surface area (Å²) in [5, 5.41) is 3.16. The van der Waals surface area contributed by atoms with Gasteiger partial charge in [0.15, 0.2) is 0 Å². The fourth-order valence-corrected chi connectivity index (χ4v) is 6.16. The lowest BCUT2D eigenvalue weighted by Crippen LogP contribution is -2.54. The molecule has 1 aliphatic carbocycles. The molecule has 1 N–H and O–H groups in total. The average Bonchev–Trinajstić information content (AvgIpc) is 2.84. The van der Waals surface area contributed by atoms with Crippen molar-refractivity contribution in [1.29, 1.82) is 0 Å². The molecule has 0 aromatic heterocycles. The molecule has 36 heavy (non-hydrogen) atoms. The molecule has 0 aliphatic heterocycles. The molecule has 196 valence electrons. The molecule has 9 heteroatoms. The van der Waals surface area contributed by atoms with Gasteiger partial charge in [0.1, 0.15) is 12.6 Å². The van der Waals surface area contributed by atoms with Gasteiger partial charge < -0.3 is 10.2 Å². The molecule has 0 saturated heterocycles. The van der Waals surface area contributed by atoms with E-state index in [1.807, 2.05) is 38.1 Å². The lowest BCUT2D eigenvalue weighted by Gasteiger charge is -2.34. The molecule has 2 amide bonds. The summed E-state index contributed by atoms with van der Waals surface area (Å²) >= 11 is 3.41. The van der Waals surface area contributed by atoms with Crippen molar-refractivity contribution in [3.8, 4) is 0 Å². The number of nitrogens with one attached hydrogen (secondary N) is 1. The number of carbonyl (C=O) groups is 2. The van der Waals surface area contributed by atoms with Crippen molar-refractivity contribution < 1.29 is 18.0 Å². The number of rotatable bonds is 10. The third-order valence-electron chi connectivity index (χ3n) is 6.74. The van der Waals surface area contributed by atoms with Gasteiger partial charge in [0.05, 0.1) is 11.9 Å². The first-order chi connectivity index (χ1) is 17.1. The van der Waals surface area contributed by atoms with Crippen LogP contribution in [-0.4, -0.2) is 50.0 Å². The topological polar surface area (TPSA) is 86.8 Å². The fraction of sp³-hybridized carbons (Fsp3) is 0.481. The predicted molar refractivity (Wildman–Crippen MR) is 147 cm³/mol. The van der Waals surface area contributed by atoms with Gasteiger partial charge in [0.2, 0.25) is 21.8 Å². The third kappa shape index (κ3) is 7.32. The summed E-state index contributed by atoms with van der Waals surface area (Å²) in [6, 6.07) is 14.0. The number of benzene rings is 2. The summed E-state index contributed by atoms with van der Waals surface area (Å²) in [6.07, 6.45) is 6.74. The SMILES string of the molecule is CC[C@H](C(=O)NC1CCCCC1)N(Cc1ccccc1C)C(=O)CN(c1ccccc1Br)S(C)(=O)=O. The quantitative estimate of drug-likeness (QED) is 0.440. The normalized spacial score (nSPS) is 15.2. The molecule has 0 bridgehead atoms. The summed E-state index contributed by atoms with van der Waals surface area (Å²) in [5.41, 5.74) is 2.30. The van der Waals surface area contributed by atoms with Crippen LogP contribution in [0.2, 0.25) is 0 Å². The first kappa shape index (κ1) is 28.2. The summed E-state index contributed by atoms with van der Waals surface area (Å²) in [7, 11) is -3.77. The van der Waals surface area contributed by atoms with Crippen LogP contribution in [0.5, 0.6) is 0 Å². The first-order valence-corrected chi connectivity index (χ1v) is 15.1. The largest absolute Gasteiger partial charge is 0.352 e. The third-order valence-corrected chi connectivity index (χ3v) is 8.54. The Hall–Kier alpha value is -2.39. The van der Waals surface area contributed by atoms with E-state index >= 15 is 0 Å². The van der Waals surface area contributed by atoms with Crippen LogP contribution in [0.4, 0.5) is 5.69 Å². The Morgan fingerprint density at radius 1 is 1.06 bits per heavy atom. The number of hydrogen-bond acceptors (Lipinski definition) is 4. The van der Waals surface area contributed by atoms with E-state index < -0.39 is 28.5 Å². The highest BCUT2D eigenvalue weighted by molar-refractivity contribution is 9.10. The predicted octanol–water partition coefficient (Wildman–Crippen LogP) is 4.78. The van der Waals surface area contributed by atoms with Crippen LogP contribution >= 0.6 is 15.9 Å². The first-order valence-electron chi connectivity index (χ1n) is 12.5. The smallest absolute Gasteiger partial charge is 0.244 e. The highest BCUT2D eigenvalue weighted by atomic mass is 79.9. The van der Waals surface area contributed by atoms with Crippen molar-refractivity contribution in [3.63, 3.8) is 0 Å². The summed E-state index contributed by atoms with van der Waals surface area (Å²) in [6.45, 7) is 3.66. The Bertz CT molecular complexity index is 1170. The highest BCUT2D eigenvalue weighted by Crippen LogP contribution is 2.28. The summed E-state index contributed by atoms with van der Waals surface area (Å²) < 4.78 is 27.2. The molecule has 1 fully saturated rings. The summed E-state index contributed by atoms with van der Waals surface area (Å²) in [5.74, 6) is -0.608. The lowest BCUT2D eigenvalue weighted by atomic mass is 9.95. The van der Waals surface area contributed by atoms with Crippen LogP contribution in [-0.2, 0) is 26.2 Å². The van der Waals surface area contributed by atoms with E-state index in [2.05, 4.69) is 21.2 Å². The zero-order valence-electron chi connectivity index (χ0n) is 21.2. The van der Waals surface area contributed by atoms with Gasteiger partial charge in [-0.15, -0.1) is 0 Å². The van der Waals surface area contributed by atoms with Crippen molar-refractivity contribution in [3.05, 3.63) is 64.1 Å². The van der Waals surface area contributed by atoms with Crippen LogP contribution in [0.3, 0.4) is 0 Å². The number of aryl methyl sites for hydroxylation is 1. The molecule has 0 radical (unpaired) electrons. The van der Waals surface area contributed by atoms with Gasteiger partial charge >= 0.3 is 0 Å². The molecule has 7 nitrogen and oxygen atoms in total. The number of carbonyl (C=O) groups excluding carboxylic acids is 2. The number of nitrogens with zero attached hydrogens (tertiary/aromatic N) is 2. The van der Waals surface area contributed by atoms with Crippen molar-refractivity contribution >= 4 is 43.5 Å². The van der Waals surface area contributed by atoms with E-state index in [4.69, 9.17) is 0 Å². The number of para-hydroxylation sites is 1. The van der Waals surface area contributed by atoms with Crippen LogP contribution in [0, 0.1) is 6.92 Å². The van der Waals surface area contributed by atoms with Crippen LogP contribution in [0.25, 0.3) is 0 Å². The molecule has 0 unspecified atom stereocenters. The molecule has 1 saturated carbocycles. The molecular formula is C27H36BrN3O4S. The van der Waals surface area contributed by atoms with E-state index in [1.165, 1.54) is 11.3 Å². The fourth-order valence-electron chi connectivity index (χ4n) is 4.68. The van der Waals surface area contributed by atoms with Crippen molar-refractivity contribution in [2.24, 2.45) is 0 Å². The summed E-state index contributed by atoms with van der Waals surface area (Å²) in [4.78, 5) is 28.8. The van der Waals surface area contributed by atoms with Crippen molar-refractivity contribution in [2.75, 3.05) is 17.1 Å². The lowest BCUT2D eigenvalue weighted by molar-refractivity contribution is -0.140. The molecule has 0 spiro atoms. The second-order valence-corrected chi connectivity index (χ2v) is 12.2. The Balaban J connectivity index is 1.93. The Kier molecular flexibility index (Phi) is 9.96. The molecular weight excluding hydrogens is 542 g/mol. The van der Waals surface area contributed by atoms with Crippen LogP contribution in [0.15, 0.2) is 53.0 Å². The van der Waals surface area contributed by atoms with Gasteiger partial charge in [-0.1, -0.05) is 62.6 Å². The zero-order chi connectivity index (χ0) is 26.3. The van der Waals surface area contributed by atoms with E-state index in [1.54, 1.807) is 24.3 Å². The Labute approximate surface area is 223 Å². The minimum atomic E-state index is -3.77. The molecule has 1 atom stereocenters. The maximum absolute atomic E-state index is 13.8. The monoisotopic (exact) mass is 577 g/mol. The zero-order valence-corrected chi connectivity index (χ0v) is 23.6. The van der Waals surface area contributed by atoms with Gasteiger partial charge in [-0.25, -0.2) is 8.42 Å². The number of amides is 2. The number of hydrogen-bond donors (Lipinski definition) is 1. The maximum atomic E-state index is 13.8. The Morgan fingerprint density at radius 3 is 2.31 bits per heavy atom.